The van der Waals surface area contributed by atoms with Gasteiger partial charge in [-0.1, -0.05) is 0 Å². The summed E-state index contributed by atoms with van der Waals surface area (Å²) in [4.78, 5) is 36.9. The molecule has 0 saturated carbocycles. The van der Waals surface area contributed by atoms with E-state index in [-0.39, 0.29) is 23.0 Å². The molecule has 27 heavy (non-hydrogen) atoms. The molecule has 0 radical (unpaired) electrons. The van der Waals surface area contributed by atoms with E-state index in [0.717, 1.165) is 11.3 Å². The Hall–Kier alpha value is -2.74. The van der Waals surface area contributed by atoms with Gasteiger partial charge < -0.3 is 14.8 Å². The number of esters is 1. The van der Waals surface area contributed by atoms with Gasteiger partial charge >= 0.3 is 5.97 Å². The second-order valence-corrected chi connectivity index (χ2v) is 6.76. The maximum atomic E-state index is 13.0. The molecule has 0 aliphatic carbocycles. The van der Waals surface area contributed by atoms with E-state index >= 15 is 0 Å². The highest BCUT2D eigenvalue weighted by Gasteiger charge is 2.26. The van der Waals surface area contributed by atoms with Gasteiger partial charge in [0.15, 0.2) is 11.9 Å². The number of rotatable bonds is 7. The number of anilines is 1. The highest BCUT2D eigenvalue weighted by Crippen LogP contribution is 2.34. The van der Waals surface area contributed by atoms with Crippen LogP contribution in [0, 0.1) is 12.7 Å². The zero-order chi connectivity index (χ0) is 20.1. The molecule has 0 fully saturated rings. The fourth-order valence-corrected chi connectivity index (χ4v) is 3.46. The molecule has 0 aliphatic heterocycles. The minimum absolute atomic E-state index is 0.161. The molecule has 144 valence electrons. The number of carbonyl (C=O) groups excluding carboxylic acids is 3. The number of Topliss-reactive ketones (excluding diaryl/α,β-unsaturated/α-hetero) is 1. The number of carbonyl (C=O) groups is 3. The minimum atomic E-state index is -0.909. The topological polar surface area (TPSA) is 81.7 Å². The number of nitrogens with one attached hydrogen (secondary N) is 1. The summed E-state index contributed by atoms with van der Waals surface area (Å²) in [5, 5.41) is 2.86. The first-order chi connectivity index (χ1) is 12.7. The Morgan fingerprint density at radius 1 is 1.22 bits per heavy atom. The molecule has 1 amide bonds. The minimum Gasteiger partial charge on any atom is -0.481 e. The van der Waals surface area contributed by atoms with Gasteiger partial charge in [-0.3, -0.25) is 9.59 Å². The maximum Gasteiger partial charge on any atom is 0.341 e. The zero-order valence-electron chi connectivity index (χ0n) is 15.4. The van der Waals surface area contributed by atoms with E-state index in [4.69, 9.17) is 9.47 Å². The lowest BCUT2D eigenvalue weighted by Gasteiger charge is -2.14. The van der Waals surface area contributed by atoms with Gasteiger partial charge in [-0.05, 0) is 57.5 Å². The summed E-state index contributed by atoms with van der Waals surface area (Å²) in [6.07, 6.45) is -0.909. The van der Waals surface area contributed by atoms with E-state index in [0.29, 0.717) is 16.2 Å². The molecule has 1 atom stereocenters. The first-order valence-corrected chi connectivity index (χ1v) is 9.10. The number of amides is 1. The van der Waals surface area contributed by atoms with Crippen LogP contribution in [0.5, 0.6) is 5.75 Å². The lowest BCUT2D eigenvalue weighted by molar-refractivity contribution is -0.122. The van der Waals surface area contributed by atoms with Crippen molar-refractivity contribution in [3.8, 4) is 5.75 Å². The summed E-state index contributed by atoms with van der Waals surface area (Å²) in [5.74, 6) is -1.41. The Kier molecular flexibility index (Phi) is 6.68. The van der Waals surface area contributed by atoms with Crippen LogP contribution < -0.4 is 10.1 Å². The van der Waals surface area contributed by atoms with Crippen LogP contribution in [0.25, 0.3) is 0 Å². The molecule has 0 aliphatic rings. The average molecular weight is 393 g/mol. The molecule has 0 saturated heterocycles. The van der Waals surface area contributed by atoms with Crippen LogP contribution in [-0.2, 0) is 9.53 Å². The molecule has 0 spiro atoms. The summed E-state index contributed by atoms with van der Waals surface area (Å²) in [6.45, 7) is 6.38. The molecule has 0 bridgehead atoms. The third kappa shape index (κ3) is 4.91. The van der Waals surface area contributed by atoms with Gasteiger partial charge in [0.1, 0.15) is 16.6 Å². The Morgan fingerprint density at radius 3 is 2.41 bits per heavy atom. The van der Waals surface area contributed by atoms with Crippen LogP contribution in [0.1, 0.15) is 46.4 Å². The van der Waals surface area contributed by atoms with Gasteiger partial charge in [0.25, 0.3) is 5.91 Å². The van der Waals surface area contributed by atoms with Gasteiger partial charge in [-0.2, -0.15) is 0 Å². The zero-order valence-corrected chi connectivity index (χ0v) is 16.2. The van der Waals surface area contributed by atoms with Crippen LogP contribution in [-0.4, -0.2) is 30.4 Å². The Bertz CT molecular complexity index is 860. The third-order valence-electron chi connectivity index (χ3n) is 3.68. The monoisotopic (exact) mass is 393 g/mol. The van der Waals surface area contributed by atoms with E-state index in [1.807, 2.05) is 0 Å². The number of ketones is 1. The largest absolute Gasteiger partial charge is 0.481 e. The van der Waals surface area contributed by atoms with Crippen LogP contribution in [0.3, 0.4) is 0 Å². The van der Waals surface area contributed by atoms with Gasteiger partial charge in [-0.25, -0.2) is 9.18 Å². The molecule has 1 heterocycles. The van der Waals surface area contributed by atoms with Crippen molar-refractivity contribution in [2.75, 3.05) is 11.9 Å². The van der Waals surface area contributed by atoms with Crippen LogP contribution >= 0.6 is 11.3 Å². The van der Waals surface area contributed by atoms with Crippen molar-refractivity contribution in [3.63, 3.8) is 0 Å². The second-order valence-electron chi connectivity index (χ2n) is 5.74. The van der Waals surface area contributed by atoms with Crippen LogP contribution in [0.15, 0.2) is 24.3 Å². The molecule has 8 heteroatoms. The average Bonchev–Trinajstić information content (AvgIpc) is 2.93. The predicted octanol–water partition coefficient (Wildman–Crippen LogP) is 3.98. The molecular formula is C19H20FNO5S. The fraction of sp³-hybridized carbons (Fsp3) is 0.316. The molecule has 2 rings (SSSR count). The summed E-state index contributed by atoms with van der Waals surface area (Å²) in [7, 11) is 0. The fourth-order valence-electron chi connectivity index (χ4n) is 2.37. The maximum absolute atomic E-state index is 13.0. The van der Waals surface area contributed by atoms with E-state index in [2.05, 4.69) is 5.32 Å². The Morgan fingerprint density at radius 2 is 1.85 bits per heavy atom. The summed E-state index contributed by atoms with van der Waals surface area (Å²) >= 11 is 1.01. The number of ether oxygens (including phenoxy) is 2. The number of benzene rings is 1. The molecular weight excluding hydrogens is 373 g/mol. The molecule has 1 aromatic carbocycles. The van der Waals surface area contributed by atoms with Crippen LogP contribution in [0.4, 0.5) is 9.39 Å². The summed E-state index contributed by atoms with van der Waals surface area (Å²) in [5.41, 5.74) is 0.628. The number of hydrogen-bond donors (Lipinski definition) is 1. The quantitative estimate of drug-likeness (QED) is 0.568. The number of halogens is 1. The van der Waals surface area contributed by atoms with Crippen molar-refractivity contribution in [1.29, 1.82) is 0 Å². The lowest BCUT2D eigenvalue weighted by Crippen LogP contribution is -2.30. The first-order valence-electron chi connectivity index (χ1n) is 8.29. The standard InChI is InChI=1S/C19H20FNO5S/c1-5-25-19(24)15-10(2)16(11(3)22)27-18(15)21-17(23)12(4)26-14-8-6-13(20)7-9-14/h6-9,12H,5H2,1-4H3,(H,21,23). The number of thiophene rings is 1. The van der Waals surface area contributed by atoms with E-state index in [1.54, 1.807) is 13.8 Å². The summed E-state index contributed by atoms with van der Waals surface area (Å²) in [6, 6.07) is 5.26. The smallest absolute Gasteiger partial charge is 0.341 e. The van der Waals surface area contributed by atoms with Crippen molar-refractivity contribution in [1.82, 2.24) is 0 Å². The highest BCUT2D eigenvalue weighted by molar-refractivity contribution is 7.18. The van der Waals surface area contributed by atoms with Crippen molar-refractivity contribution < 1.29 is 28.2 Å². The van der Waals surface area contributed by atoms with Gasteiger partial charge in [0.05, 0.1) is 17.0 Å². The second kappa shape index (κ2) is 8.77. The normalized spacial score (nSPS) is 11.6. The van der Waals surface area contributed by atoms with Crippen LogP contribution in [0.2, 0.25) is 0 Å². The van der Waals surface area contributed by atoms with Crippen molar-refractivity contribution in [3.05, 3.63) is 46.1 Å². The van der Waals surface area contributed by atoms with Gasteiger partial charge in [0.2, 0.25) is 0 Å². The van der Waals surface area contributed by atoms with Gasteiger partial charge in [0, 0.05) is 0 Å². The summed E-state index contributed by atoms with van der Waals surface area (Å²) < 4.78 is 23.5. The molecule has 6 nitrogen and oxygen atoms in total. The van der Waals surface area contributed by atoms with Crippen molar-refractivity contribution in [2.24, 2.45) is 0 Å². The van der Waals surface area contributed by atoms with Crippen molar-refractivity contribution in [2.45, 2.75) is 33.8 Å². The number of hydrogen-bond acceptors (Lipinski definition) is 6. The first kappa shape index (κ1) is 20.6. The molecule has 1 aromatic heterocycles. The van der Waals surface area contributed by atoms with Crippen molar-refractivity contribution >= 4 is 34.0 Å². The molecule has 1 unspecified atom stereocenters. The van der Waals surface area contributed by atoms with E-state index in [1.165, 1.54) is 38.1 Å². The third-order valence-corrected chi connectivity index (χ3v) is 4.99. The SMILES string of the molecule is CCOC(=O)c1c(NC(=O)C(C)Oc2ccc(F)cc2)sc(C(C)=O)c1C. The molecule has 2 aromatic rings. The van der Waals surface area contributed by atoms with Gasteiger partial charge in [-0.15, -0.1) is 11.3 Å². The predicted molar refractivity (Wildman–Crippen MR) is 100 cm³/mol. The van der Waals surface area contributed by atoms with E-state index < -0.39 is 23.8 Å². The highest BCUT2D eigenvalue weighted by atomic mass is 32.1. The Balaban J connectivity index is 2.22. The molecule has 1 N–H and O–H groups in total. The lowest BCUT2D eigenvalue weighted by atomic mass is 10.1. The Labute approximate surface area is 160 Å². The van der Waals surface area contributed by atoms with E-state index in [9.17, 15) is 18.8 Å².